The maximum atomic E-state index is 9.83. The van der Waals surface area contributed by atoms with Crippen molar-refractivity contribution in [2.45, 2.75) is 30.9 Å². The molecule has 0 bridgehead atoms. The molecule has 0 radical (unpaired) electrons. The Morgan fingerprint density at radius 2 is 2.13 bits per heavy atom. The molecule has 15 heavy (non-hydrogen) atoms. The van der Waals surface area contributed by atoms with E-state index in [4.69, 9.17) is 23.7 Å². The second-order valence-electron chi connectivity index (χ2n) is 3.59. The molecule has 0 aromatic rings. The lowest BCUT2D eigenvalue weighted by Gasteiger charge is -2.33. The molecule has 2 aliphatic heterocycles. The highest BCUT2D eigenvalue weighted by Gasteiger charge is 2.47. The Morgan fingerprint density at radius 3 is 2.80 bits per heavy atom. The van der Waals surface area contributed by atoms with Crippen LogP contribution in [-0.4, -0.2) is 63.4 Å². The lowest BCUT2D eigenvalue weighted by molar-refractivity contribution is -0.241. The Balaban J connectivity index is 1.95. The highest BCUT2D eigenvalue weighted by molar-refractivity contribution is 4.89. The molecular weight excluding hydrogens is 204 g/mol. The zero-order chi connectivity index (χ0) is 10.8. The number of aliphatic hydroxyl groups excluding tert-OH is 1. The van der Waals surface area contributed by atoms with E-state index in [0.29, 0.717) is 13.2 Å². The second-order valence-corrected chi connectivity index (χ2v) is 3.59. The molecule has 6 nitrogen and oxygen atoms in total. The van der Waals surface area contributed by atoms with Gasteiger partial charge in [-0.25, -0.2) is 0 Å². The van der Waals surface area contributed by atoms with Gasteiger partial charge in [0.05, 0.1) is 13.2 Å². The summed E-state index contributed by atoms with van der Waals surface area (Å²) in [6.45, 7) is 0.706. The molecule has 2 fully saturated rings. The Kier molecular flexibility index (Phi) is 3.55. The third kappa shape index (κ3) is 2.15. The van der Waals surface area contributed by atoms with Crippen LogP contribution in [0.2, 0.25) is 0 Å². The highest BCUT2D eigenvalue weighted by Crippen LogP contribution is 2.28. The number of methoxy groups -OCH3 is 2. The number of hydrogen-bond donors (Lipinski definition) is 1. The second kappa shape index (κ2) is 4.73. The van der Waals surface area contributed by atoms with Crippen molar-refractivity contribution in [3.05, 3.63) is 0 Å². The Bertz CT molecular complexity index is 211. The van der Waals surface area contributed by atoms with Gasteiger partial charge in [-0.2, -0.15) is 0 Å². The van der Waals surface area contributed by atoms with Crippen LogP contribution in [0.1, 0.15) is 0 Å². The van der Waals surface area contributed by atoms with E-state index >= 15 is 0 Å². The average Bonchev–Trinajstić information content (AvgIpc) is 2.63. The summed E-state index contributed by atoms with van der Waals surface area (Å²) in [6.07, 6.45) is -2.54. The van der Waals surface area contributed by atoms with Crippen molar-refractivity contribution < 1.29 is 28.8 Å². The van der Waals surface area contributed by atoms with Crippen molar-refractivity contribution in [3.8, 4) is 0 Å². The molecule has 0 aromatic carbocycles. The van der Waals surface area contributed by atoms with E-state index in [1.165, 1.54) is 7.11 Å². The fourth-order valence-electron chi connectivity index (χ4n) is 1.87. The van der Waals surface area contributed by atoms with E-state index in [2.05, 4.69) is 0 Å². The minimum atomic E-state index is -0.824. The van der Waals surface area contributed by atoms with Gasteiger partial charge in [0.25, 0.3) is 0 Å². The van der Waals surface area contributed by atoms with Crippen molar-refractivity contribution in [2.75, 3.05) is 27.4 Å². The van der Waals surface area contributed by atoms with Gasteiger partial charge in [-0.1, -0.05) is 0 Å². The first-order valence-corrected chi connectivity index (χ1v) is 4.88. The van der Waals surface area contributed by atoms with E-state index < -0.39 is 24.8 Å². The third-order valence-corrected chi connectivity index (χ3v) is 2.58. The van der Waals surface area contributed by atoms with Crippen LogP contribution >= 0.6 is 0 Å². The van der Waals surface area contributed by atoms with Crippen LogP contribution < -0.4 is 0 Å². The van der Waals surface area contributed by atoms with Crippen molar-refractivity contribution in [1.29, 1.82) is 0 Å². The maximum Gasteiger partial charge on any atom is 0.185 e. The minimum absolute atomic E-state index is 0.244. The number of aliphatic hydroxyl groups is 1. The van der Waals surface area contributed by atoms with Gasteiger partial charge in [0.1, 0.15) is 18.3 Å². The lowest BCUT2D eigenvalue weighted by atomic mass is 10.1. The van der Waals surface area contributed by atoms with Crippen molar-refractivity contribution >= 4 is 0 Å². The molecule has 6 heteroatoms. The summed E-state index contributed by atoms with van der Waals surface area (Å²) in [5.41, 5.74) is 0. The van der Waals surface area contributed by atoms with Crippen LogP contribution in [-0.2, 0) is 23.7 Å². The quantitative estimate of drug-likeness (QED) is 0.665. The first-order chi connectivity index (χ1) is 7.26. The summed E-state index contributed by atoms with van der Waals surface area (Å²) in [7, 11) is 3.05. The number of fused-ring (bicyclic) bond motifs is 1. The highest BCUT2D eigenvalue weighted by atomic mass is 16.8. The molecule has 5 unspecified atom stereocenters. The normalized spacial score (nSPS) is 45.4. The number of rotatable bonds is 3. The predicted octanol–water partition coefficient (Wildman–Crippen LogP) is -0.893. The van der Waals surface area contributed by atoms with Crippen molar-refractivity contribution in [1.82, 2.24) is 0 Å². The molecule has 2 saturated heterocycles. The molecule has 5 atom stereocenters. The van der Waals surface area contributed by atoms with Gasteiger partial charge >= 0.3 is 0 Å². The standard InChI is InChI=1S/C9H16O6/c1-11-4-6-14-5-3-13-9(12-2)7(10)8(5)15-6/h5-10H,3-4H2,1-2H3. The molecule has 2 aliphatic rings. The van der Waals surface area contributed by atoms with Crippen LogP contribution in [0.4, 0.5) is 0 Å². The largest absolute Gasteiger partial charge is 0.385 e. The Morgan fingerprint density at radius 1 is 1.33 bits per heavy atom. The molecule has 1 N–H and O–H groups in total. The van der Waals surface area contributed by atoms with Crippen LogP contribution in [0.15, 0.2) is 0 Å². The van der Waals surface area contributed by atoms with Gasteiger partial charge in [-0.15, -0.1) is 0 Å². The minimum Gasteiger partial charge on any atom is -0.385 e. The average molecular weight is 220 g/mol. The fourth-order valence-corrected chi connectivity index (χ4v) is 1.87. The monoisotopic (exact) mass is 220 g/mol. The van der Waals surface area contributed by atoms with E-state index in [9.17, 15) is 5.11 Å². The molecule has 0 saturated carbocycles. The van der Waals surface area contributed by atoms with Crippen molar-refractivity contribution in [2.24, 2.45) is 0 Å². The molecule has 2 rings (SSSR count). The Labute approximate surface area is 88.0 Å². The number of ether oxygens (including phenoxy) is 5. The third-order valence-electron chi connectivity index (χ3n) is 2.58. The molecule has 2 heterocycles. The van der Waals surface area contributed by atoms with E-state index in [1.54, 1.807) is 7.11 Å². The summed E-state index contributed by atoms with van der Waals surface area (Å²) in [5, 5.41) is 9.83. The summed E-state index contributed by atoms with van der Waals surface area (Å²) >= 11 is 0. The first kappa shape index (κ1) is 11.3. The first-order valence-electron chi connectivity index (χ1n) is 4.88. The van der Waals surface area contributed by atoms with Crippen LogP contribution in [0.3, 0.4) is 0 Å². The maximum absolute atomic E-state index is 9.83. The lowest BCUT2D eigenvalue weighted by Crippen LogP contribution is -2.52. The smallest absolute Gasteiger partial charge is 0.185 e. The summed E-state index contributed by atoms with van der Waals surface area (Å²) in [6, 6.07) is 0. The molecule has 0 aliphatic carbocycles. The SMILES string of the molecule is COCC1OC2COC(OC)C(O)C2O1. The topological polar surface area (TPSA) is 66.4 Å². The summed E-state index contributed by atoms with van der Waals surface area (Å²) < 4.78 is 26.1. The zero-order valence-electron chi connectivity index (χ0n) is 8.79. The van der Waals surface area contributed by atoms with Crippen LogP contribution in [0, 0.1) is 0 Å². The van der Waals surface area contributed by atoms with E-state index in [-0.39, 0.29) is 6.10 Å². The molecule has 0 amide bonds. The van der Waals surface area contributed by atoms with Gasteiger partial charge in [-0.3, -0.25) is 0 Å². The molecule has 0 spiro atoms. The molecular formula is C9H16O6. The summed E-state index contributed by atoms with van der Waals surface area (Å²) in [5.74, 6) is 0. The molecule has 88 valence electrons. The van der Waals surface area contributed by atoms with Gasteiger partial charge < -0.3 is 28.8 Å². The van der Waals surface area contributed by atoms with Crippen LogP contribution in [0.5, 0.6) is 0 Å². The zero-order valence-corrected chi connectivity index (χ0v) is 8.79. The van der Waals surface area contributed by atoms with Crippen LogP contribution in [0.25, 0.3) is 0 Å². The van der Waals surface area contributed by atoms with Gasteiger partial charge in [-0.05, 0) is 0 Å². The van der Waals surface area contributed by atoms with Crippen molar-refractivity contribution in [3.63, 3.8) is 0 Å². The van der Waals surface area contributed by atoms with Gasteiger partial charge in [0.15, 0.2) is 12.6 Å². The van der Waals surface area contributed by atoms with Gasteiger partial charge in [0.2, 0.25) is 0 Å². The Hall–Kier alpha value is -0.240. The van der Waals surface area contributed by atoms with Gasteiger partial charge in [0, 0.05) is 14.2 Å². The fraction of sp³-hybridized carbons (Fsp3) is 1.00. The predicted molar refractivity (Wildman–Crippen MR) is 48.2 cm³/mol. The molecule has 0 aromatic heterocycles. The number of hydrogen-bond acceptors (Lipinski definition) is 6. The summed E-state index contributed by atoms with van der Waals surface area (Å²) in [4.78, 5) is 0. The van der Waals surface area contributed by atoms with E-state index in [1.807, 2.05) is 0 Å². The van der Waals surface area contributed by atoms with E-state index in [0.717, 1.165) is 0 Å².